The van der Waals surface area contributed by atoms with E-state index in [1.165, 1.54) is 12.1 Å². The summed E-state index contributed by atoms with van der Waals surface area (Å²) < 4.78 is 124. The molecule has 0 saturated carbocycles. The molecule has 0 spiro atoms. The van der Waals surface area contributed by atoms with E-state index < -0.39 is 80.3 Å². The Morgan fingerprint density at radius 1 is 0.395 bits per heavy atom. The summed E-state index contributed by atoms with van der Waals surface area (Å²) in [6.07, 6.45) is 5.24. The van der Waals surface area contributed by atoms with Gasteiger partial charge in [-0.1, -0.05) is 63.8 Å². The first-order valence-electron chi connectivity index (χ1n) is 14.2. The average Bonchev–Trinajstić information content (AvgIpc) is 2.99. The molecule has 43 heavy (non-hydrogen) atoms. The minimum atomic E-state index is -1.65. The lowest BCUT2D eigenvalue weighted by molar-refractivity contribution is 0.385. The smallest absolute Gasteiger partial charge is 0.201 e. The predicted molar refractivity (Wildman–Crippen MR) is 150 cm³/mol. The number of ether oxygens (including phenoxy) is 1. The Labute approximate surface area is 245 Å². The van der Waals surface area contributed by atoms with Crippen LogP contribution in [0.3, 0.4) is 0 Å². The van der Waals surface area contributed by atoms with Crippen LogP contribution in [0, 0.1) is 46.5 Å². The van der Waals surface area contributed by atoms with Gasteiger partial charge in [-0.05, 0) is 61.1 Å². The Morgan fingerprint density at radius 3 is 1.07 bits per heavy atom. The molecule has 0 fully saturated rings. The molecule has 0 aliphatic carbocycles. The fraction of sp³-hybridized carbons (Fsp3) is 0.294. The van der Waals surface area contributed by atoms with Crippen LogP contribution >= 0.6 is 0 Å². The average molecular weight is 607 g/mol. The molecular formula is C34H30F8O. The van der Waals surface area contributed by atoms with Crippen LogP contribution in [0.5, 0.6) is 11.5 Å². The van der Waals surface area contributed by atoms with E-state index in [2.05, 4.69) is 0 Å². The third-order valence-electron chi connectivity index (χ3n) is 7.32. The van der Waals surface area contributed by atoms with Gasteiger partial charge in [-0.2, -0.15) is 8.78 Å². The van der Waals surface area contributed by atoms with E-state index in [1.54, 1.807) is 0 Å². The van der Waals surface area contributed by atoms with Crippen molar-refractivity contribution >= 4 is 0 Å². The van der Waals surface area contributed by atoms with Crippen LogP contribution in [0.4, 0.5) is 35.1 Å². The summed E-state index contributed by atoms with van der Waals surface area (Å²) in [5, 5.41) is 0. The van der Waals surface area contributed by atoms with Gasteiger partial charge in [0.15, 0.2) is 46.4 Å². The van der Waals surface area contributed by atoms with Gasteiger partial charge in [-0.25, -0.2) is 26.3 Å². The van der Waals surface area contributed by atoms with Crippen LogP contribution < -0.4 is 4.74 Å². The van der Waals surface area contributed by atoms with Crippen LogP contribution in [-0.2, 0) is 12.8 Å². The molecule has 4 aromatic carbocycles. The van der Waals surface area contributed by atoms with Gasteiger partial charge in [-0.15, -0.1) is 0 Å². The summed E-state index contributed by atoms with van der Waals surface area (Å²) in [6.45, 7) is 3.92. The highest BCUT2D eigenvalue weighted by Crippen LogP contribution is 2.38. The molecule has 4 rings (SSSR count). The van der Waals surface area contributed by atoms with Gasteiger partial charge >= 0.3 is 0 Å². The summed E-state index contributed by atoms with van der Waals surface area (Å²) >= 11 is 0. The van der Waals surface area contributed by atoms with Crippen molar-refractivity contribution in [2.45, 2.75) is 65.2 Å². The third-order valence-corrected chi connectivity index (χ3v) is 7.32. The number of hydrogen-bond acceptors (Lipinski definition) is 1. The summed E-state index contributed by atoms with van der Waals surface area (Å²) in [7, 11) is 0. The lowest BCUT2D eigenvalue weighted by Crippen LogP contribution is -2.02. The highest BCUT2D eigenvalue weighted by Gasteiger charge is 2.25. The fourth-order valence-electron chi connectivity index (χ4n) is 4.87. The van der Waals surface area contributed by atoms with Crippen molar-refractivity contribution in [2.75, 3.05) is 0 Å². The zero-order valence-electron chi connectivity index (χ0n) is 23.7. The monoisotopic (exact) mass is 606 g/mol. The maximum absolute atomic E-state index is 15.0. The molecule has 0 heterocycles. The number of aryl methyl sites for hydroxylation is 2. The summed E-state index contributed by atoms with van der Waals surface area (Å²) in [4.78, 5) is 0. The number of benzene rings is 4. The standard InChI is InChI=1S/C34H30F8O/c1-3-5-7-9-19-11-13-21(29(37)27(19)35)23-15-17-25(33(41)31(23)39)43-26-18-16-24(32(40)34(26)42)22-14-12-20(10-8-6-4-2)28(36)30(22)38/h11-18H,3-10H2,1-2H3. The van der Waals surface area contributed by atoms with Crippen molar-refractivity contribution in [3.63, 3.8) is 0 Å². The molecule has 0 unspecified atom stereocenters. The SMILES string of the molecule is CCCCCc1ccc(-c2ccc(Oc3ccc(-c4ccc(CCCCC)c(F)c4F)c(F)c3F)c(F)c2F)c(F)c1F. The van der Waals surface area contributed by atoms with E-state index in [9.17, 15) is 26.3 Å². The second-order valence-corrected chi connectivity index (χ2v) is 10.3. The van der Waals surface area contributed by atoms with Gasteiger partial charge in [0.25, 0.3) is 0 Å². The quantitative estimate of drug-likeness (QED) is 0.115. The Bertz CT molecular complexity index is 1500. The Morgan fingerprint density at radius 2 is 0.721 bits per heavy atom. The maximum Gasteiger partial charge on any atom is 0.201 e. The minimum Gasteiger partial charge on any atom is -0.451 e. The molecule has 4 aromatic rings. The molecule has 0 N–H and O–H groups in total. The largest absolute Gasteiger partial charge is 0.451 e. The maximum atomic E-state index is 15.0. The van der Waals surface area contributed by atoms with E-state index in [0.717, 1.165) is 62.1 Å². The first-order chi connectivity index (χ1) is 20.6. The number of halogens is 8. The van der Waals surface area contributed by atoms with Crippen molar-refractivity contribution in [1.29, 1.82) is 0 Å². The first-order valence-corrected chi connectivity index (χ1v) is 14.2. The van der Waals surface area contributed by atoms with Gasteiger partial charge in [0.1, 0.15) is 0 Å². The number of rotatable bonds is 12. The predicted octanol–water partition coefficient (Wildman–Crippen LogP) is 11.4. The number of hydrogen-bond donors (Lipinski definition) is 0. The molecule has 0 amide bonds. The van der Waals surface area contributed by atoms with E-state index in [1.807, 2.05) is 13.8 Å². The summed E-state index contributed by atoms with van der Waals surface area (Å²) in [6, 6.07) is 8.46. The molecule has 228 valence electrons. The van der Waals surface area contributed by atoms with E-state index in [4.69, 9.17) is 4.74 Å². The molecule has 0 saturated heterocycles. The zero-order chi connectivity index (χ0) is 31.3. The highest BCUT2D eigenvalue weighted by atomic mass is 19.2. The molecule has 9 heteroatoms. The summed E-state index contributed by atoms with van der Waals surface area (Å²) in [5.41, 5.74) is -2.01. The molecule has 1 nitrogen and oxygen atoms in total. The zero-order valence-corrected chi connectivity index (χ0v) is 23.7. The Hall–Kier alpha value is -3.88. The van der Waals surface area contributed by atoms with Crippen molar-refractivity contribution in [3.05, 3.63) is 106 Å². The first kappa shape index (κ1) is 32.0. The molecule has 0 atom stereocenters. The lowest BCUT2D eigenvalue weighted by Gasteiger charge is -2.14. The molecule has 0 aromatic heterocycles. The minimum absolute atomic E-state index is 0.113. The van der Waals surface area contributed by atoms with Crippen LogP contribution in [0.25, 0.3) is 22.3 Å². The molecular weight excluding hydrogens is 576 g/mol. The Kier molecular flexibility index (Phi) is 10.5. The number of unbranched alkanes of at least 4 members (excludes halogenated alkanes) is 4. The lowest BCUT2D eigenvalue weighted by atomic mass is 9.99. The Balaban J connectivity index is 1.60. The van der Waals surface area contributed by atoms with Crippen LogP contribution in [0.15, 0.2) is 48.5 Å². The van der Waals surface area contributed by atoms with Gasteiger partial charge in [0.2, 0.25) is 11.6 Å². The van der Waals surface area contributed by atoms with Gasteiger partial charge in [0, 0.05) is 22.3 Å². The molecule has 0 bridgehead atoms. The van der Waals surface area contributed by atoms with E-state index in [-0.39, 0.29) is 24.0 Å². The second-order valence-electron chi connectivity index (χ2n) is 10.3. The van der Waals surface area contributed by atoms with E-state index >= 15 is 8.78 Å². The second kappa shape index (κ2) is 14.1. The van der Waals surface area contributed by atoms with Crippen molar-refractivity contribution < 1.29 is 39.9 Å². The van der Waals surface area contributed by atoms with E-state index in [0.29, 0.717) is 12.8 Å². The fourth-order valence-corrected chi connectivity index (χ4v) is 4.87. The van der Waals surface area contributed by atoms with Crippen LogP contribution in [0.2, 0.25) is 0 Å². The normalized spacial score (nSPS) is 11.3. The molecule has 0 radical (unpaired) electrons. The molecule has 0 aliphatic heterocycles. The van der Waals surface area contributed by atoms with Crippen molar-refractivity contribution in [2.24, 2.45) is 0 Å². The third kappa shape index (κ3) is 6.71. The topological polar surface area (TPSA) is 9.23 Å². The summed E-state index contributed by atoms with van der Waals surface area (Å²) in [5.74, 6) is -13.2. The van der Waals surface area contributed by atoms with Gasteiger partial charge < -0.3 is 4.74 Å². The van der Waals surface area contributed by atoms with Gasteiger partial charge in [-0.3, -0.25) is 0 Å². The van der Waals surface area contributed by atoms with Crippen molar-refractivity contribution in [1.82, 2.24) is 0 Å². The van der Waals surface area contributed by atoms with Gasteiger partial charge in [0.05, 0.1) is 0 Å². The van der Waals surface area contributed by atoms with Crippen molar-refractivity contribution in [3.8, 4) is 33.8 Å². The van der Waals surface area contributed by atoms with Crippen LogP contribution in [0.1, 0.15) is 63.5 Å². The molecule has 0 aliphatic rings. The van der Waals surface area contributed by atoms with Crippen LogP contribution in [-0.4, -0.2) is 0 Å². The highest BCUT2D eigenvalue weighted by molar-refractivity contribution is 5.68.